The minimum absolute atomic E-state index is 0.460. The molecule has 0 saturated heterocycles. The van der Waals surface area contributed by atoms with E-state index in [2.05, 4.69) is 12.6 Å². The summed E-state index contributed by atoms with van der Waals surface area (Å²) in [6.07, 6.45) is 3.46. The van der Waals surface area contributed by atoms with Crippen molar-refractivity contribution in [2.45, 2.75) is 13.8 Å². The Bertz CT molecular complexity index is 264. The van der Waals surface area contributed by atoms with Gasteiger partial charge in [0.25, 0.3) is 0 Å². The average molecular weight is 162 g/mol. The third-order valence-electron chi connectivity index (χ3n) is 1.78. The van der Waals surface area contributed by atoms with Crippen LogP contribution in [0.1, 0.15) is 13.8 Å². The maximum Gasteiger partial charge on any atom is 0.0994 e. The van der Waals surface area contributed by atoms with E-state index in [1.165, 1.54) is 0 Å². The highest BCUT2D eigenvalue weighted by molar-refractivity contribution is 5.45. The molecule has 0 bridgehead atoms. The summed E-state index contributed by atoms with van der Waals surface area (Å²) >= 11 is 0. The predicted molar refractivity (Wildman–Crippen MR) is 51.3 cm³/mol. The van der Waals surface area contributed by atoms with E-state index in [0.29, 0.717) is 12.1 Å². The molecule has 0 aliphatic rings. The zero-order chi connectivity index (χ0) is 9.56. The second kappa shape index (κ2) is 5.34. The van der Waals surface area contributed by atoms with Crippen LogP contribution in [0.2, 0.25) is 0 Å². The Kier molecular flexibility index (Phi) is 4.75. The molecule has 0 spiro atoms. The van der Waals surface area contributed by atoms with E-state index in [0.717, 1.165) is 11.1 Å². The predicted octanol–water partition coefficient (Wildman–Crippen LogP) is 1.92. The maximum atomic E-state index is 8.69. The lowest BCUT2D eigenvalue weighted by molar-refractivity contribution is 1.13. The van der Waals surface area contributed by atoms with Gasteiger partial charge in [0.1, 0.15) is 0 Å². The number of hydrogen-bond acceptors (Lipinski definition) is 2. The molecule has 0 aromatic rings. The zero-order valence-electron chi connectivity index (χ0n) is 7.59. The van der Waals surface area contributed by atoms with Crippen molar-refractivity contribution in [2.75, 3.05) is 6.54 Å². The normalized spacial score (nSPS) is 13.3. The monoisotopic (exact) mass is 162 g/mol. The third-order valence-corrected chi connectivity index (χ3v) is 1.78. The summed E-state index contributed by atoms with van der Waals surface area (Å²) < 4.78 is 0. The number of nitrogens with two attached hydrogens (primary N) is 1. The van der Waals surface area contributed by atoms with Gasteiger partial charge in [0.2, 0.25) is 0 Å². The fourth-order valence-corrected chi connectivity index (χ4v) is 0.943. The highest BCUT2D eigenvalue weighted by Gasteiger charge is 2.01. The van der Waals surface area contributed by atoms with Gasteiger partial charge in [-0.15, -0.1) is 0 Å². The van der Waals surface area contributed by atoms with E-state index in [1.807, 2.05) is 19.9 Å². The molecule has 0 radical (unpaired) electrons. The Morgan fingerprint density at radius 3 is 2.50 bits per heavy atom. The van der Waals surface area contributed by atoms with Crippen LogP contribution in [0.15, 0.2) is 35.5 Å². The van der Waals surface area contributed by atoms with E-state index in [4.69, 9.17) is 11.0 Å². The molecule has 0 amide bonds. The van der Waals surface area contributed by atoms with Crippen LogP contribution in [-0.2, 0) is 0 Å². The summed E-state index contributed by atoms with van der Waals surface area (Å²) in [6.45, 7) is 7.80. The molecule has 64 valence electrons. The molecule has 0 fully saturated rings. The summed E-state index contributed by atoms with van der Waals surface area (Å²) in [5, 5.41) is 8.69. The van der Waals surface area contributed by atoms with E-state index in [1.54, 1.807) is 6.08 Å². The number of nitrogens with zero attached hydrogens (tertiary/aromatic N) is 1. The second-order valence-electron chi connectivity index (χ2n) is 2.37. The first kappa shape index (κ1) is 10.7. The molecule has 0 unspecified atom stereocenters. The number of hydrogen-bond donors (Lipinski definition) is 1. The van der Waals surface area contributed by atoms with Crippen molar-refractivity contribution in [3.05, 3.63) is 35.5 Å². The van der Waals surface area contributed by atoms with Gasteiger partial charge in [-0.25, -0.2) is 0 Å². The summed E-state index contributed by atoms with van der Waals surface area (Å²) in [6, 6.07) is 2.07. The summed E-state index contributed by atoms with van der Waals surface area (Å²) in [5.41, 5.74) is 7.98. The average Bonchev–Trinajstić information content (AvgIpc) is 2.09. The lowest BCUT2D eigenvalue weighted by Gasteiger charge is -2.04. The third kappa shape index (κ3) is 2.37. The first-order valence-electron chi connectivity index (χ1n) is 3.80. The van der Waals surface area contributed by atoms with Crippen LogP contribution in [0.25, 0.3) is 0 Å². The zero-order valence-corrected chi connectivity index (χ0v) is 7.59. The molecule has 0 aromatic carbocycles. The van der Waals surface area contributed by atoms with E-state index >= 15 is 0 Å². The van der Waals surface area contributed by atoms with Crippen molar-refractivity contribution < 1.29 is 0 Å². The summed E-state index contributed by atoms with van der Waals surface area (Å²) in [4.78, 5) is 0. The van der Waals surface area contributed by atoms with Crippen molar-refractivity contribution in [3.63, 3.8) is 0 Å². The largest absolute Gasteiger partial charge is 0.326 e. The molecule has 2 nitrogen and oxygen atoms in total. The highest BCUT2D eigenvalue weighted by atomic mass is 14.5. The molecule has 12 heavy (non-hydrogen) atoms. The SMILES string of the molecule is C=C/C(C#N)=C(C)\C(=C/C)CN. The Balaban J connectivity index is 5.01. The first-order chi connectivity index (χ1) is 5.71. The van der Waals surface area contributed by atoms with Gasteiger partial charge in [0.05, 0.1) is 11.6 Å². The van der Waals surface area contributed by atoms with Gasteiger partial charge >= 0.3 is 0 Å². The Morgan fingerprint density at radius 2 is 2.25 bits per heavy atom. The van der Waals surface area contributed by atoms with Gasteiger partial charge in [-0.1, -0.05) is 18.7 Å². The second-order valence-corrected chi connectivity index (χ2v) is 2.37. The molecule has 0 rings (SSSR count). The Labute approximate surface area is 73.7 Å². The van der Waals surface area contributed by atoms with Crippen molar-refractivity contribution in [2.24, 2.45) is 5.73 Å². The van der Waals surface area contributed by atoms with Gasteiger partial charge in [-0.05, 0) is 25.0 Å². The number of allylic oxidation sites excluding steroid dienone is 3. The van der Waals surface area contributed by atoms with Crippen molar-refractivity contribution in [3.8, 4) is 6.07 Å². The molecule has 0 saturated carbocycles. The maximum absolute atomic E-state index is 8.69. The molecule has 2 heteroatoms. The van der Waals surface area contributed by atoms with Gasteiger partial charge in [-0.3, -0.25) is 0 Å². The molecule has 0 aliphatic carbocycles. The van der Waals surface area contributed by atoms with Crippen LogP contribution < -0.4 is 5.73 Å². The Hall–Kier alpha value is -1.33. The molecular weight excluding hydrogens is 148 g/mol. The molecule has 0 atom stereocenters. The molecule has 0 heterocycles. The van der Waals surface area contributed by atoms with Crippen LogP contribution in [-0.4, -0.2) is 6.54 Å². The molecular formula is C10H14N2. The van der Waals surface area contributed by atoms with E-state index < -0.39 is 0 Å². The molecule has 2 N–H and O–H groups in total. The van der Waals surface area contributed by atoms with Crippen LogP contribution in [0.3, 0.4) is 0 Å². The fraction of sp³-hybridized carbons (Fsp3) is 0.300. The van der Waals surface area contributed by atoms with Crippen LogP contribution in [0.5, 0.6) is 0 Å². The standard InChI is InChI=1S/C10H14N2/c1-4-9(6-11)8(3)10(5-2)7-12/h4-5H,1,7,12H2,2-3H3/b9-8+,10-5-. The van der Waals surface area contributed by atoms with Gasteiger partial charge in [0.15, 0.2) is 0 Å². The summed E-state index contributed by atoms with van der Waals surface area (Å²) in [7, 11) is 0. The van der Waals surface area contributed by atoms with Gasteiger partial charge in [0, 0.05) is 6.54 Å². The highest BCUT2D eigenvalue weighted by Crippen LogP contribution is 2.13. The van der Waals surface area contributed by atoms with E-state index in [9.17, 15) is 0 Å². The first-order valence-corrected chi connectivity index (χ1v) is 3.80. The number of rotatable bonds is 3. The van der Waals surface area contributed by atoms with Gasteiger partial charge in [-0.2, -0.15) is 5.26 Å². The van der Waals surface area contributed by atoms with Crippen LogP contribution in [0.4, 0.5) is 0 Å². The number of nitriles is 1. The van der Waals surface area contributed by atoms with Crippen molar-refractivity contribution >= 4 is 0 Å². The van der Waals surface area contributed by atoms with E-state index in [-0.39, 0.29) is 0 Å². The quantitative estimate of drug-likeness (QED) is 0.509. The minimum Gasteiger partial charge on any atom is -0.326 e. The lowest BCUT2D eigenvalue weighted by Crippen LogP contribution is -2.04. The Morgan fingerprint density at radius 1 is 1.67 bits per heavy atom. The summed E-state index contributed by atoms with van der Waals surface area (Å²) in [5.74, 6) is 0. The van der Waals surface area contributed by atoms with Crippen LogP contribution >= 0.6 is 0 Å². The fourth-order valence-electron chi connectivity index (χ4n) is 0.943. The van der Waals surface area contributed by atoms with Crippen molar-refractivity contribution in [1.29, 1.82) is 5.26 Å². The molecule has 0 aliphatic heterocycles. The van der Waals surface area contributed by atoms with Crippen molar-refractivity contribution in [1.82, 2.24) is 0 Å². The molecule has 0 aromatic heterocycles. The topological polar surface area (TPSA) is 49.8 Å². The minimum atomic E-state index is 0.460. The van der Waals surface area contributed by atoms with Crippen LogP contribution in [0, 0.1) is 11.3 Å². The van der Waals surface area contributed by atoms with Gasteiger partial charge < -0.3 is 5.73 Å². The smallest absolute Gasteiger partial charge is 0.0994 e. The lowest BCUT2D eigenvalue weighted by atomic mass is 10.0.